The highest BCUT2D eigenvalue weighted by Gasteiger charge is 2.29. The third-order valence-corrected chi connectivity index (χ3v) is 6.62. The van der Waals surface area contributed by atoms with Gasteiger partial charge in [0, 0.05) is 55.3 Å². The molecule has 3 rings (SSSR count). The average molecular weight is 452 g/mol. The van der Waals surface area contributed by atoms with Crippen molar-refractivity contribution in [2.24, 2.45) is 0 Å². The summed E-state index contributed by atoms with van der Waals surface area (Å²) in [5, 5.41) is 0. The Kier molecular flexibility index (Phi) is 7.35. The van der Waals surface area contributed by atoms with Gasteiger partial charge in [-0.15, -0.1) is 0 Å². The van der Waals surface area contributed by atoms with Gasteiger partial charge in [0.25, 0.3) is 5.91 Å². The normalized spacial score (nSPS) is 19.4. The molecule has 0 spiro atoms. The number of ether oxygens (including phenoxy) is 1. The van der Waals surface area contributed by atoms with Gasteiger partial charge >= 0.3 is 6.09 Å². The number of hydrogen-bond acceptors (Lipinski definition) is 4. The first-order valence-electron chi connectivity index (χ1n) is 10.2. The molecule has 6 nitrogen and oxygen atoms in total. The number of aryl methyl sites for hydroxylation is 1. The number of carbonyl (C=O) groups excluding carboxylic acids is 2. The van der Waals surface area contributed by atoms with Gasteiger partial charge in [0.15, 0.2) is 0 Å². The van der Waals surface area contributed by atoms with E-state index in [-0.39, 0.29) is 12.0 Å². The van der Waals surface area contributed by atoms with E-state index in [1.165, 1.54) is 0 Å². The van der Waals surface area contributed by atoms with Crippen LogP contribution in [0.5, 0.6) is 0 Å². The molecule has 28 heavy (non-hydrogen) atoms. The number of rotatable bonds is 3. The van der Waals surface area contributed by atoms with Crippen LogP contribution in [0.3, 0.4) is 0 Å². The second-order valence-corrected chi connectivity index (χ2v) is 8.42. The van der Waals surface area contributed by atoms with Gasteiger partial charge in [0.1, 0.15) is 0 Å². The molecule has 2 heterocycles. The SMILES string of the molecule is CCOC(=O)N1CCCN(C2CCN(C(=O)c3ccc(Br)c(C)c3)CC2)CC1. The molecule has 2 fully saturated rings. The zero-order chi connectivity index (χ0) is 20.1. The summed E-state index contributed by atoms with van der Waals surface area (Å²) in [5.41, 5.74) is 1.84. The van der Waals surface area contributed by atoms with Crippen molar-refractivity contribution in [1.29, 1.82) is 0 Å². The lowest BCUT2D eigenvalue weighted by molar-refractivity contribution is 0.0619. The van der Waals surface area contributed by atoms with Gasteiger partial charge in [0.2, 0.25) is 0 Å². The zero-order valence-electron chi connectivity index (χ0n) is 16.8. The Balaban J connectivity index is 1.51. The Morgan fingerprint density at radius 2 is 1.82 bits per heavy atom. The molecule has 2 saturated heterocycles. The third kappa shape index (κ3) is 5.06. The zero-order valence-corrected chi connectivity index (χ0v) is 18.4. The topological polar surface area (TPSA) is 53.1 Å². The van der Waals surface area contributed by atoms with Crippen molar-refractivity contribution >= 4 is 27.9 Å². The summed E-state index contributed by atoms with van der Waals surface area (Å²) in [6, 6.07) is 6.28. The van der Waals surface area contributed by atoms with Crippen molar-refractivity contribution in [2.45, 2.75) is 39.2 Å². The van der Waals surface area contributed by atoms with Crippen LogP contribution >= 0.6 is 15.9 Å². The first kappa shape index (κ1) is 21.1. The number of benzene rings is 1. The molecule has 0 aromatic heterocycles. The van der Waals surface area contributed by atoms with Crippen molar-refractivity contribution in [3.8, 4) is 0 Å². The van der Waals surface area contributed by atoms with Crippen molar-refractivity contribution in [1.82, 2.24) is 14.7 Å². The number of carbonyl (C=O) groups is 2. The van der Waals surface area contributed by atoms with Gasteiger partial charge in [-0.2, -0.15) is 0 Å². The summed E-state index contributed by atoms with van der Waals surface area (Å²) >= 11 is 3.49. The Bertz CT molecular complexity index is 704. The van der Waals surface area contributed by atoms with Crippen LogP contribution < -0.4 is 0 Å². The van der Waals surface area contributed by atoms with Crippen molar-refractivity contribution in [3.05, 3.63) is 33.8 Å². The second kappa shape index (κ2) is 9.74. The van der Waals surface area contributed by atoms with E-state index in [0.29, 0.717) is 12.6 Å². The molecule has 0 unspecified atom stereocenters. The fourth-order valence-corrected chi connectivity index (χ4v) is 4.34. The Hall–Kier alpha value is -1.60. The lowest BCUT2D eigenvalue weighted by Gasteiger charge is -2.38. The summed E-state index contributed by atoms with van der Waals surface area (Å²) in [5.74, 6) is 0.124. The van der Waals surface area contributed by atoms with E-state index in [1.54, 1.807) is 0 Å². The lowest BCUT2D eigenvalue weighted by atomic mass is 10.0. The monoisotopic (exact) mass is 451 g/mol. The highest BCUT2D eigenvalue weighted by molar-refractivity contribution is 9.10. The van der Waals surface area contributed by atoms with Crippen LogP contribution in [0.4, 0.5) is 4.79 Å². The molecule has 1 aromatic rings. The van der Waals surface area contributed by atoms with Crippen molar-refractivity contribution in [2.75, 3.05) is 45.9 Å². The molecule has 2 aliphatic rings. The minimum absolute atomic E-state index is 0.124. The summed E-state index contributed by atoms with van der Waals surface area (Å²) in [6.45, 7) is 9.20. The summed E-state index contributed by atoms with van der Waals surface area (Å²) in [7, 11) is 0. The minimum atomic E-state index is -0.199. The van der Waals surface area contributed by atoms with E-state index in [9.17, 15) is 9.59 Å². The van der Waals surface area contributed by atoms with Crippen LogP contribution in [0.25, 0.3) is 0 Å². The average Bonchev–Trinajstić information content (AvgIpc) is 2.96. The fraction of sp³-hybridized carbons (Fsp3) is 0.619. The van der Waals surface area contributed by atoms with E-state index in [4.69, 9.17) is 4.74 Å². The molecule has 0 aliphatic carbocycles. The van der Waals surface area contributed by atoms with Gasteiger partial charge < -0.3 is 14.5 Å². The standard InChI is InChI=1S/C21H30BrN3O3/c1-3-28-21(27)25-10-4-9-23(13-14-25)18-7-11-24(12-8-18)20(26)17-5-6-19(22)16(2)15-17/h5-6,15,18H,3-4,7-14H2,1-2H3. The number of hydrogen-bond donors (Lipinski definition) is 0. The molecule has 0 saturated carbocycles. The van der Waals surface area contributed by atoms with E-state index in [0.717, 1.165) is 74.1 Å². The van der Waals surface area contributed by atoms with Gasteiger partial charge in [0.05, 0.1) is 6.61 Å². The van der Waals surface area contributed by atoms with Gasteiger partial charge in [-0.05, 0) is 56.9 Å². The second-order valence-electron chi connectivity index (χ2n) is 7.56. The maximum Gasteiger partial charge on any atom is 0.409 e. The number of halogens is 1. The van der Waals surface area contributed by atoms with Crippen LogP contribution in [0.2, 0.25) is 0 Å². The maximum atomic E-state index is 12.8. The van der Waals surface area contributed by atoms with E-state index in [2.05, 4.69) is 20.8 Å². The molecular formula is C21H30BrN3O3. The Morgan fingerprint density at radius 1 is 1.07 bits per heavy atom. The highest BCUT2D eigenvalue weighted by Crippen LogP contribution is 2.22. The quantitative estimate of drug-likeness (QED) is 0.705. The first-order valence-corrected chi connectivity index (χ1v) is 11.0. The lowest BCUT2D eigenvalue weighted by Crippen LogP contribution is -2.47. The molecule has 2 amide bonds. The molecule has 1 aromatic carbocycles. The Labute approximate surface area is 175 Å². The number of nitrogens with zero attached hydrogens (tertiary/aromatic N) is 3. The van der Waals surface area contributed by atoms with Crippen LogP contribution in [-0.4, -0.2) is 78.6 Å². The molecular weight excluding hydrogens is 422 g/mol. The molecule has 2 aliphatic heterocycles. The fourth-order valence-electron chi connectivity index (χ4n) is 4.09. The molecule has 0 N–H and O–H groups in total. The Morgan fingerprint density at radius 3 is 2.50 bits per heavy atom. The molecule has 0 radical (unpaired) electrons. The van der Waals surface area contributed by atoms with Gasteiger partial charge in [-0.25, -0.2) is 4.79 Å². The predicted molar refractivity (Wildman–Crippen MR) is 113 cm³/mol. The minimum Gasteiger partial charge on any atom is -0.450 e. The summed E-state index contributed by atoms with van der Waals surface area (Å²) < 4.78 is 6.17. The number of amides is 2. The van der Waals surface area contributed by atoms with Crippen LogP contribution in [0, 0.1) is 6.92 Å². The molecule has 154 valence electrons. The molecule has 0 bridgehead atoms. The van der Waals surface area contributed by atoms with Gasteiger partial charge in [-0.3, -0.25) is 9.69 Å². The van der Waals surface area contributed by atoms with E-state index < -0.39 is 0 Å². The van der Waals surface area contributed by atoms with Crippen LogP contribution in [0.1, 0.15) is 42.1 Å². The summed E-state index contributed by atoms with van der Waals surface area (Å²) in [4.78, 5) is 31.1. The molecule has 7 heteroatoms. The smallest absolute Gasteiger partial charge is 0.409 e. The molecule has 0 atom stereocenters. The highest BCUT2D eigenvalue weighted by atomic mass is 79.9. The van der Waals surface area contributed by atoms with Crippen LogP contribution in [-0.2, 0) is 4.74 Å². The van der Waals surface area contributed by atoms with Crippen LogP contribution in [0.15, 0.2) is 22.7 Å². The third-order valence-electron chi connectivity index (χ3n) is 5.73. The van der Waals surface area contributed by atoms with Crippen molar-refractivity contribution < 1.29 is 14.3 Å². The van der Waals surface area contributed by atoms with E-state index >= 15 is 0 Å². The van der Waals surface area contributed by atoms with Gasteiger partial charge in [-0.1, -0.05) is 15.9 Å². The number of piperidine rings is 1. The predicted octanol–water partition coefficient (Wildman–Crippen LogP) is 3.53. The maximum absolute atomic E-state index is 12.8. The van der Waals surface area contributed by atoms with Crippen molar-refractivity contribution in [3.63, 3.8) is 0 Å². The number of likely N-dealkylation sites (tertiary alicyclic amines) is 1. The summed E-state index contributed by atoms with van der Waals surface area (Å²) in [6.07, 6.45) is 2.74. The first-order chi connectivity index (χ1) is 13.5. The van der Waals surface area contributed by atoms with E-state index in [1.807, 2.05) is 41.8 Å². The largest absolute Gasteiger partial charge is 0.450 e.